The van der Waals surface area contributed by atoms with Crippen LogP contribution < -0.4 is 10.2 Å². The van der Waals surface area contributed by atoms with Gasteiger partial charge in [-0.3, -0.25) is 0 Å². The second-order valence-electron chi connectivity index (χ2n) is 4.18. The van der Waals surface area contributed by atoms with Gasteiger partial charge in [0.15, 0.2) is 0 Å². The quantitative estimate of drug-likeness (QED) is 0.807. The van der Waals surface area contributed by atoms with Gasteiger partial charge in [0, 0.05) is 31.6 Å². The molecule has 0 amide bonds. The molecule has 1 rings (SSSR count). The molecule has 1 atom stereocenters. The van der Waals surface area contributed by atoms with Crippen LogP contribution in [-0.2, 0) is 6.54 Å². The van der Waals surface area contributed by atoms with E-state index >= 15 is 0 Å². The van der Waals surface area contributed by atoms with Crippen LogP contribution in [0.25, 0.3) is 0 Å². The summed E-state index contributed by atoms with van der Waals surface area (Å²) in [5.74, 6) is 2.21. The summed E-state index contributed by atoms with van der Waals surface area (Å²) in [6.07, 6.45) is 5.26. The SMILES string of the molecule is CCC(CSC)N(C)c1ccc(CNC)cn1. The molecule has 3 nitrogen and oxygen atoms in total. The number of aromatic nitrogens is 1. The molecule has 0 spiro atoms. The van der Waals surface area contributed by atoms with Gasteiger partial charge in [0.25, 0.3) is 0 Å². The van der Waals surface area contributed by atoms with Crippen molar-refractivity contribution in [2.75, 3.05) is 31.0 Å². The van der Waals surface area contributed by atoms with E-state index in [4.69, 9.17) is 0 Å². The zero-order valence-electron chi connectivity index (χ0n) is 11.2. The molecule has 1 aromatic heterocycles. The van der Waals surface area contributed by atoms with Gasteiger partial charge in [0.05, 0.1) is 0 Å². The molecule has 1 unspecified atom stereocenters. The van der Waals surface area contributed by atoms with E-state index in [0.29, 0.717) is 6.04 Å². The Morgan fingerprint density at radius 2 is 2.24 bits per heavy atom. The topological polar surface area (TPSA) is 28.2 Å². The molecule has 0 radical (unpaired) electrons. The van der Waals surface area contributed by atoms with Crippen molar-refractivity contribution in [1.82, 2.24) is 10.3 Å². The van der Waals surface area contributed by atoms with Gasteiger partial charge < -0.3 is 10.2 Å². The molecule has 0 aliphatic carbocycles. The van der Waals surface area contributed by atoms with E-state index in [1.165, 1.54) is 5.56 Å². The number of hydrogen-bond donors (Lipinski definition) is 1. The van der Waals surface area contributed by atoms with Gasteiger partial charge in [0.1, 0.15) is 5.82 Å². The van der Waals surface area contributed by atoms with E-state index in [1.54, 1.807) is 0 Å². The summed E-state index contributed by atoms with van der Waals surface area (Å²) in [5.41, 5.74) is 1.22. The van der Waals surface area contributed by atoms with Gasteiger partial charge in [-0.05, 0) is 31.4 Å². The number of nitrogens with one attached hydrogen (secondary N) is 1. The summed E-state index contributed by atoms with van der Waals surface area (Å²) < 4.78 is 0. The van der Waals surface area contributed by atoms with Gasteiger partial charge in [-0.2, -0.15) is 11.8 Å². The first-order chi connectivity index (χ1) is 8.22. The third kappa shape index (κ3) is 4.21. The van der Waals surface area contributed by atoms with Gasteiger partial charge >= 0.3 is 0 Å². The van der Waals surface area contributed by atoms with E-state index < -0.39 is 0 Å². The van der Waals surface area contributed by atoms with Crippen molar-refractivity contribution in [3.05, 3.63) is 23.9 Å². The summed E-state index contributed by atoms with van der Waals surface area (Å²) in [5, 5.41) is 3.13. The zero-order valence-corrected chi connectivity index (χ0v) is 12.0. The molecular weight excluding hydrogens is 230 g/mol. The zero-order chi connectivity index (χ0) is 12.7. The fraction of sp³-hybridized carbons (Fsp3) is 0.615. The average Bonchev–Trinajstić information content (AvgIpc) is 2.36. The molecule has 0 fully saturated rings. The number of pyridine rings is 1. The molecule has 4 heteroatoms. The summed E-state index contributed by atoms with van der Waals surface area (Å²) in [7, 11) is 4.08. The lowest BCUT2D eigenvalue weighted by atomic mass is 10.2. The van der Waals surface area contributed by atoms with Crippen molar-refractivity contribution in [2.45, 2.75) is 25.9 Å². The highest BCUT2D eigenvalue weighted by molar-refractivity contribution is 7.98. The molecule has 96 valence electrons. The van der Waals surface area contributed by atoms with Crippen molar-refractivity contribution in [3.8, 4) is 0 Å². The predicted molar refractivity (Wildman–Crippen MR) is 77.9 cm³/mol. The fourth-order valence-corrected chi connectivity index (χ4v) is 2.66. The van der Waals surface area contributed by atoms with Crippen LogP contribution in [0.3, 0.4) is 0 Å². The van der Waals surface area contributed by atoms with Crippen LogP contribution in [0.5, 0.6) is 0 Å². The Kier molecular flexibility index (Phi) is 6.37. The number of anilines is 1. The third-order valence-corrected chi connectivity index (χ3v) is 3.65. The van der Waals surface area contributed by atoms with E-state index in [1.807, 2.05) is 25.0 Å². The maximum Gasteiger partial charge on any atom is 0.128 e. The van der Waals surface area contributed by atoms with Crippen LogP contribution in [-0.4, -0.2) is 37.1 Å². The van der Waals surface area contributed by atoms with Crippen molar-refractivity contribution in [1.29, 1.82) is 0 Å². The third-order valence-electron chi connectivity index (χ3n) is 2.93. The van der Waals surface area contributed by atoms with E-state index in [-0.39, 0.29) is 0 Å². The van der Waals surface area contributed by atoms with E-state index in [0.717, 1.165) is 24.5 Å². The van der Waals surface area contributed by atoms with Crippen molar-refractivity contribution >= 4 is 17.6 Å². The van der Waals surface area contributed by atoms with Crippen LogP contribution >= 0.6 is 11.8 Å². The van der Waals surface area contributed by atoms with Crippen molar-refractivity contribution in [3.63, 3.8) is 0 Å². The summed E-state index contributed by atoms with van der Waals surface area (Å²) >= 11 is 1.89. The minimum Gasteiger partial charge on any atom is -0.356 e. The molecule has 1 N–H and O–H groups in total. The number of thioether (sulfide) groups is 1. The Balaban J connectivity index is 2.70. The highest BCUT2D eigenvalue weighted by Crippen LogP contribution is 2.16. The normalized spacial score (nSPS) is 12.5. The lowest BCUT2D eigenvalue weighted by Crippen LogP contribution is -2.33. The summed E-state index contributed by atoms with van der Waals surface area (Å²) in [6.45, 7) is 3.10. The van der Waals surface area contributed by atoms with E-state index in [2.05, 4.69) is 47.6 Å². The Bertz CT molecular complexity index is 313. The maximum absolute atomic E-state index is 4.52. The van der Waals surface area contributed by atoms with Crippen LogP contribution in [0.4, 0.5) is 5.82 Å². The number of rotatable bonds is 7. The minimum atomic E-state index is 0.563. The fourth-order valence-electron chi connectivity index (χ4n) is 1.82. The average molecular weight is 253 g/mol. The number of nitrogens with zero attached hydrogens (tertiary/aromatic N) is 2. The molecule has 0 bridgehead atoms. The highest BCUT2D eigenvalue weighted by Gasteiger charge is 2.13. The smallest absolute Gasteiger partial charge is 0.128 e. The second-order valence-corrected chi connectivity index (χ2v) is 5.09. The molecular formula is C13H23N3S. The Labute approximate surface area is 109 Å². The summed E-state index contributed by atoms with van der Waals surface area (Å²) in [4.78, 5) is 6.80. The van der Waals surface area contributed by atoms with Crippen molar-refractivity contribution in [2.24, 2.45) is 0 Å². The van der Waals surface area contributed by atoms with Crippen LogP contribution in [0.2, 0.25) is 0 Å². The molecule has 17 heavy (non-hydrogen) atoms. The lowest BCUT2D eigenvalue weighted by Gasteiger charge is -2.27. The van der Waals surface area contributed by atoms with Gasteiger partial charge in [-0.25, -0.2) is 4.98 Å². The maximum atomic E-state index is 4.52. The standard InChI is InChI=1S/C13H23N3S/c1-5-12(10-17-4)16(3)13-7-6-11(8-14-2)9-15-13/h6-7,9,12,14H,5,8,10H2,1-4H3. The highest BCUT2D eigenvalue weighted by atomic mass is 32.2. The first kappa shape index (κ1) is 14.3. The molecule has 1 heterocycles. The van der Waals surface area contributed by atoms with E-state index in [9.17, 15) is 0 Å². The molecule has 0 aliphatic heterocycles. The molecule has 0 saturated heterocycles. The first-order valence-electron chi connectivity index (χ1n) is 6.04. The molecule has 0 saturated carbocycles. The minimum absolute atomic E-state index is 0.563. The second kappa shape index (κ2) is 7.56. The molecule has 1 aromatic rings. The summed E-state index contributed by atoms with van der Waals surface area (Å²) in [6, 6.07) is 4.81. The van der Waals surface area contributed by atoms with Crippen LogP contribution in [0.15, 0.2) is 18.3 Å². The van der Waals surface area contributed by atoms with Crippen molar-refractivity contribution < 1.29 is 0 Å². The molecule has 0 aromatic carbocycles. The Morgan fingerprint density at radius 3 is 2.71 bits per heavy atom. The largest absolute Gasteiger partial charge is 0.356 e. The van der Waals surface area contributed by atoms with Crippen LogP contribution in [0, 0.1) is 0 Å². The first-order valence-corrected chi connectivity index (χ1v) is 7.43. The monoisotopic (exact) mass is 253 g/mol. The van der Waals surface area contributed by atoms with Gasteiger partial charge in [0.2, 0.25) is 0 Å². The van der Waals surface area contributed by atoms with Gasteiger partial charge in [-0.15, -0.1) is 0 Å². The number of hydrogen-bond acceptors (Lipinski definition) is 4. The van der Waals surface area contributed by atoms with Crippen LogP contribution in [0.1, 0.15) is 18.9 Å². The lowest BCUT2D eigenvalue weighted by molar-refractivity contribution is 0.665. The Morgan fingerprint density at radius 1 is 1.47 bits per heavy atom. The Hall–Kier alpha value is -0.740. The molecule has 0 aliphatic rings. The predicted octanol–water partition coefficient (Wildman–Crippen LogP) is 2.38. The van der Waals surface area contributed by atoms with Gasteiger partial charge in [-0.1, -0.05) is 13.0 Å².